The molecule has 0 unspecified atom stereocenters. The van der Waals surface area contributed by atoms with Crippen LogP contribution in [0.15, 0.2) is 40.3 Å². The van der Waals surface area contributed by atoms with Gasteiger partial charge in [0, 0.05) is 4.88 Å². The summed E-state index contributed by atoms with van der Waals surface area (Å²) in [4.78, 5) is 16.2. The second kappa shape index (κ2) is 7.24. The molecule has 1 atom stereocenters. The number of aromatic nitrogens is 4. The van der Waals surface area contributed by atoms with Crippen molar-refractivity contribution in [2.45, 2.75) is 52.1 Å². The highest BCUT2D eigenvalue weighted by atomic mass is 32.2. The van der Waals surface area contributed by atoms with Crippen LogP contribution >= 0.6 is 23.1 Å². The summed E-state index contributed by atoms with van der Waals surface area (Å²) in [5.74, 6) is 2.14. The summed E-state index contributed by atoms with van der Waals surface area (Å²) in [5.41, 5.74) is 2.37. The first-order chi connectivity index (χ1) is 14.4. The molecule has 0 radical (unpaired) electrons. The summed E-state index contributed by atoms with van der Waals surface area (Å²) >= 11 is 3.44. The Kier molecular flexibility index (Phi) is 4.78. The Morgan fingerprint density at radius 1 is 1.20 bits per heavy atom. The van der Waals surface area contributed by atoms with Crippen molar-refractivity contribution in [3.05, 3.63) is 51.1 Å². The lowest BCUT2D eigenvalue weighted by molar-refractivity contribution is 0.218. The smallest absolute Gasteiger partial charge is 0.268 e. The van der Waals surface area contributed by atoms with Crippen LogP contribution in [0.5, 0.6) is 0 Å². The van der Waals surface area contributed by atoms with Crippen LogP contribution in [0, 0.1) is 11.3 Å². The van der Waals surface area contributed by atoms with E-state index >= 15 is 0 Å². The Morgan fingerprint density at radius 2 is 1.97 bits per heavy atom. The average Bonchev–Trinajstić information content (AvgIpc) is 3.29. The van der Waals surface area contributed by atoms with E-state index in [1.807, 2.05) is 30.3 Å². The fraction of sp³-hybridized carbons (Fsp3) is 0.435. The lowest BCUT2D eigenvalue weighted by atomic mass is 9.72. The molecule has 1 aliphatic carbocycles. The quantitative estimate of drug-likeness (QED) is 0.404. The van der Waals surface area contributed by atoms with E-state index in [1.54, 1.807) is 27.7 Å². The summed E-state index contributed by atoms with van der Waals surface area (Å²) in [6, 6.07) is 9.80. The number of benzene rings is 1. The van der Waals surface area contributed by atoms with Gasteiger partial charge < -0.3 is 0 Å². The molecule has 7 heteroatoms. The van der Waals surface area contributed by atoms with Crippen LogP contribution < -0.4 is 5.56 Å². The van der Waals surface area contributed by atoms with Gasteiger partial charge in [-0.3, -0.25) is 4.79 Å². The first kappa shape index (κ1) is 19.8. The largest absolute Gasteiger partial charge is 0.268 e. The van der Waals surface area contributed by atoms with Crippen LogP contribution in [0.2, 0.25) is 0 Å². The van der Waals surface area contributed by atoms with Gasteiger partial charge in [-0.25, -0.2) is 8.97 Å². The van der Waals surface area contributed by atoms with Gasteiger partial charge in [0.05, 0.1) is 11.1 Å². The summed E-state index contributed by atoms with van der Waals surface area (Å²) in [5, 5.41) is 10.6. The van der Waals surface area contributed by atoms with E-state index in [2.05, 4.69) is 42.3 Å². The maximum atomic E-state index is 13.8. The van der Waals surface area contributed by atoms with Crippen LogP contribution in [0.3, 0.4) is 0 Å². The Balaban J connectivity index is 1.85. The van der Waals surface area contributed by atoms with Crippen molar-refractivity contribution in [3.8, 4) is 5.69 Å². The second-order valence-electron chi connectivity index (χ2n) is 9.02. The minimum absolute atomic E-state index is 0.0239. The number of para-hydroxylation sites is 1. The van der Waals surface area contributed by atoms with E-state index in [-0.39, 0.29) is 11.0 Å². The molecule has 0 saturated carbocycles. The Morgan fingerprint density at radius 3 is 2.67 bits per heavy atom. The van der Waals surface area contributed by atoms with E-state index in [0.29, 0.717) is 11.7 Å². The molecule has 4 aromatic rings. The molecule has 0 spiro atoms. The van der Waals surface area contributed by atoms with Crippen molar-refractivity contribution < 1.29 is 0 Å². The van der Waals surface area contributed by atoms with Crippen LogP contribution in [0.4, 0.5) is 0 Å². The SMILES string of the molecule is CCSc1nnc2n(-c3ccccc3)c(=O)c3c4c(sc3n12)C[C@@H](C(C)(C)C)CC4. The molecule has 156 valence electrons. The summed E-state index contributed by atoms with van der Waals surface area (Å²) < 4.78 is 3.84. The van der Waals surface area contributed by atoms with E-state index in [9.17, 15) is 4.79 Å². The topological polar surface area (TPSA) is 52.2 Å². The zero-order chi connectivity index (χ0) is 21.0. The highest BCUT2D eigenvalue weighted by Crippen LogP contribution is 2.43. The van der Waals surface area contributed by atoms with Crippen molar-refractivity contribution in [2.75, 3.05) is 5.75 Å². The first-order valence-electron chi connectivity index (χ1n) is 10.5. The molecule has 0 aliphatic heterocycles. The highest BCUT2D eigenvalue weighted by molar-refractivity contribution is 7.99. The van der Waals surface area contributed by atoms with Gasteiger partial charge in [0.2, 0.25) is 5.78 Å². The molecule has 1 aliphatic rings. The molecular formula is C23H26N4OS2. The average molecular weight is 439 g/mol. The van der Waals surface area contributed by atoms with E-state index in [4.69, 9.17) is 0 Å². The standard InChI is InChI=1S/C23H26N4OS2/c1-5-29-22-25-24-21-26(15-9-7-6-8-10-15)19(28)18-16-12-11-14(23(2,3)4)13-17(16)30-20(18)27(21)22/h6-10,14H,5,11-13H2,1-4H3/t14-/m0/s1. The molecule has 3 heterocycles. The third-order valence-corrected chi connectivity index (χ3v) is 8.25. The van der Waals surface area contributed by atoms with Crippen molar-refractivity contribution in [1.82, 2.24) is 19.2 Å². The number of rotatable bonds is 3. The predicted octanol–water partition coefficient (Wildman–Crippen LogP) is 5.36. The number of hydrogen-bond acceptors (Lipinski definition) is 5. The van der Waals surface area contributed by atoms with E-state index in [1.165, 1.54) is 10.4 Å². The van der Waals surface area contributed by atoms with Crippen molar-refractivity contribution in [3.63, 3.8) is 0 Å². The molecule has 0 fully saturated rings. The Labute approximate surface area is 184 Å². The number of nitrogens with zero attached hydrogens (tertiary/aromatic N) is 4. The lowest BCUT2D eigenvalue weighted by Gasteiger charge is -2.33. The van der Waals surface area contributed by atoms with Crippen LogP contribution in [-0.4, -0.2) is 24.9 Å². The summed E-state index contributed by atoms with van der Waals surface area (Å²) in [6.45, 7) is 9.09. The zero-order valence-electron chi connectivity index (χ0n) is 17.8. The van der Waals surface area contributed by atoms with Crippen LogP contribution in [0.25, 0.3) is 21.7 Å². The molecule has 3 aromatic heterocycles. The van der Waals surface area contributed by atoms with E-state index in [0.717, 1.165) is 46.1 Å². The van der Waals surface area contributed by atoms with Gasteiger partial charge in [-0.05, 0) is 54.0 Å². The maximum absolute atomic E-state index is 13.8. The molecule has 5 nitrogen and oxygen atoms in total. The molecule has 1 aromatic carbocycles. The fourth-order valence-corrected chi connectivity index (χ4v) is 6.64. The van der Waals surface area contributed by atoms with Gasteiger partial charge >= 0.3 is 0 Å². The number of thiophene rings is 1. The number of aryl methyl sites for hydroxylation is 1. The number of thioether (sulfide) groups is 1. The van der Waals surface area contributed by atoms with Gasteiger partial charge in [0.25, 0.3) is 5.56 Å². The first-order valence-corrected chi connectivity index (χ1v) is 12.3. The third-order valence-electron chi connectivity index (χ3n) is 6.20. The molecule has 0 saturated heterocycles. The molecule has 30 heavy (non-hydrogen) atoms. The van der Waals surface area contributed by atoms with Gasteiger partial charge in [0.15, 0.2) is 5.16 Å². The van der Waals surface area contributed by atoms with Gasteiger partial charge in [-0.15, -0.1) is 21.5 Å². The number of hydrogen-bond donors (Lipinski definition) is 0. The van der Waals surface area contributed by atoms with Crippen LogP contribution in [0.1, 0.15) is 44.6 Å². The highest BCUT2D eigenvalue weighted by Gasteiger charge is 2.33. The normalized spacial score (nSPS) is 17.0. The minimum Gasteiger partial charge on any atom is -0.268 e. The monoisotopic (exact) mass is 438 g/mol. The Bertz CT molecular complexity index is 1290. The van der Waals surface area contributed by atoms with E-state index < -0.39 is 0 Å². The number of fused-ring (bicyclic) bond motifs is 5. The van der Waals surface area contributed by atoms with Gasteiger partial charge in [-0.1, -0.05) is 57.7 Å². The fourth-order valence-electron chi connectivity index (χ4n) is 4.51. The minimum atomic E-state index is 0.0239. The second-order valence-corrected chi connectivity index (χ2v) is 11.3. The molecular weight excluding hydrogens is 412 g/mol. The summed E-state index contributed by atoms with van der Waals surface area (Å²) in [7, 11) is 0. The van der Waals surface area contributed by atoms with Gasteiger partial charge in [-0.2, -0.15) is 0 Å². The summed E-state index contributed by atoms with van der Waals surface area (Å²) in [6.07, 6.45) is 3.14. The zero-order valence-corrected chi connectivity index (χ0v) is 19.4. The lowest BCUT2D eigenvalue weighted by Crippen LogP contribution is -2.27. The Hall–Kier alpha value is -2.12. The maximum Gasteiger partial charge on any atom is 0.268 e. The van der Waals surface area contributed by atoms with Crippen molar-refractivity contribution in [2.24, 2.45) is 11.3 Å². The molecule has 0 bridgehead atoms. The van der Waals surface area contributed by atoms with Crippen molar-refractivity contribution >= 4 is 39.1 Å². The molecule has 0 amide bonds. The van der Waals surface area contributed by atoms with Crippen molar-refractivity contribution in [1.29, 1.82) is 0 Å². The third kappa shape index (κ3) is 3.02. The molecule has 5 rings (SSSR count). The van der Waals surface area contributed by atoms with Crippen LogP contribution in [-0.2, 0) is 12.8 Å². The molecule has 0 N–H and O–H groups in total. The van der Waals surface area contributed by atoms with Gasteiger partial charge in [0.1, 0.15) is 4.83 Å². The predicted molar refractivity (Wildman–Crippen MR) is 125 cm³/mol.